The van der Waals surface area contributed by atoms with Gasteiger partial charge in [0.15, 0.2) is 0 Å². The number of carbonyl (C=O) groups is 2. The molecule has 0 saturated carbocycles. The maximum Gasteiger partial charge on any atom is 0.408 e. The molecule has 0 spiro atoms. The van der Waals surface area contributed by atoms with Crippen LogP contribution in [0.15, 0.2) is 0 Å². The molecule has 0 bridgehead atoms. The lowest BCUT2D eigenvalue weighted by Crippen LogP contribution is -2.49. The summed E-state index contributed by atoms with van der Waals surface area (Å²) >= 11 is 0. The zero-order valence-corrected chi connectivity index (χ0v) is 12.5. The van der Waals surface area contributed by atoms with Crippen molar-refractivity contribution in [1.82, 2.24) is 10.2 Å². The Morgan fingerprint density at radius 3 is 2.17 bits per heavy atom. The zero-order valence-electron chi connectivity index (χ0n) is 12.5. The van der Waals surface area contributed by atoms with Gasteiger partial charge in [-0.25, -0.2) is 4.79 Å². The van der Waals surface area contributed by atoms with Crippen LogP contribution < -0.4 is 5.32 Å². The van der Waals surface area contributed by atoms with Crippen molar-refractivity contribution < 1.29 is 14.3 Å². The second-order valence-corrected chi connectivity index (χ2v) is 5.57. The Hall–Kier alpha value is -1.26. The summed E-state index contributed by atoms with van der Waals surface area (Å²) in [5.74, 6) is -0.116. The first kappa shape index (κ1) is 16.7. The van der Waals surface area contributed by atoms with Crippen molar-refractivity contribution in [2.45, 2.75) is 65.6 Å². The van der Waals surface area contributed by atoms with Gasteiger partial charge in [-0.2, -0.15) is 0 Å². The molecule has 0 aliphatic heterocycles. The summed E-state index contributed by atoms with van der Waals surface area (Å²) in [5, 5.41) is 2.54. The number of nitrogens with zero attached hydrogens (tertiary/aromatic N) is 1. The fraction of sp³-hybridized carbons (Fsp3) is 0.846. The highest BCUT2D eigenvalue weighted by Crippen LogP contribution is 2.08. The third-order valence-corrected chi connectivity index (χ3v) is 2.70. The summed E-state index contributed by atoms with van der Waals surface area (Å²) in [7, 11) is 1.74. The summed E-state index contributed by atoms with van der Waals surface area (Å²) in [4.78, 5) is 25.2. The highest BCUT2D eigenvalue weighted by molar-refractivity contribution is 5.85. The minimum Gasteiger partial charge on any atom is -0.444 e. The first-order valence-electron chi connectivity index (χ1n) is 6.34. The number of alkyl carbamates (subject to hydrolysis) is 1. The van der Waals surface area contributed by atoms with Crippen LogP contribution in [-0.2, 0) is 9.53 Å². The maximum atomic E-state index is 12.0. The molecule has 0 aromatic rings. The summed E-state index contributed by atoms with van der Waals surface area (Å²) in [5.41, 5.74) is -0.560. The lowest BCUT2D eigenvalue weighted by atomic mass is 10.2. The molecule has 18 heavy (non-hydrogen) atoms. The zero-order chi connectivity index (χ0) is 14.5. The molecule has 106 valence electrons. The topological polar surface area (TPSA) is 58.6 Å². The Kier molecular flexibility index (Phi) is 6.15. The van der Waals surface area contributed by atoms with Gasteiger partial charge in [-0.1, -0.05) is 6.92 Å². The van der Waals surface area contributed by atoms with E-state index in [1.807, 2.05) is 13.8 Å². The van der Waals surface area contributed by atoms with Gasteiger partial charge in [-0.15, -0.1) is 0 Å². The van der Waals surface area contributed by atoms with Crippen LogP contribution >= 0.6 is 0 Å². The molecule has 5 heteroatoms. The third-order valence-electron chi connectivity index (χ3n) is 2.70. The van der Waals surface area contributed by atoms with Crippen molar-refractivity contribution in [2.75, 3.05) is 7.05 Å². The van der Waals surface area contributed by atoms with Crippen molar-refractivity contribution in [1.29, 1.82) is 0 Å². The maximum absolute atomic E-state index is 12.0. The van der Waals surface area contributed by atoms with Crippen molar-refractivity contribution >= 4 is 12.0 Å². The van der Waals surface area contributed by atoms with Gasteiger partial charge < -0.3 is 15.0 Å². The van der Waals surface area contributed by atoms with E-state index in [2.05, 4.69) is 5.32 Å². The van der Waals surface area contributed by atoms with Crippen molar-refractivity contribution in [2.24, 2.45) is 0 Å². The van der Waals surface area contributed by atoms with Crippen LogP contribution in [0.5, 0.6) is 0 Å². The van der Waals surface area contributed by atoms with E-state index in [1.165, 1.54) is 0 Å². The minimum atomic E-state index is -0.584. The van der Waals surface area contributed by atoms with Gasteiger partial charge in [0, 0.05) is 13.1 Å². The molecule has 0 radical (unpaired) electrons. The average molecular weight is 258 g/mol. The molecule has 0 aromatic carbocycles. The van der Waals surface area contributed by atoms with Crippen molar-refractivity contribution in [3.63, 3.8) is 0 Å². The summed E-state index contributed by atoms with van der Waals surface area (Å²) in [6.45, 7) is 11.0. The molecule has 0 saturated heterocycles. The van der Waals surface area contributed by atoms with Crippen LogP contribution in [0.2, 0.25) is 0 Å². The molecule has 0 heterocycles. The number of nitrogens with one attached hydrogen (secondary N) is 1. The van der Waals surface area contributed by atoms with E-state index in [9.17, 15) is 9.59 Å². The molecule has 0 fully saturated rings. The highest BCUT2D eigenvalue weighted by Gasteiger charge is 2.24. The highest BCUT2D eigenvalue weighted by atomic mass is 16.6. The van der Waals surface area contributed by atoms with Crippen molar-refractivity contribution in [3.05, 3.63) is 0 Å². The molecule has 2 unspecified atom stereocenters. The minimum absolute atomic E-state index is 0.116. The van der Waals surface area contributed by atoms with E-state index >= 15 is 0 Å². The Balaban J connectivity index is 4.36. The first-order chi connectivity index (χ1) is 8.08. The van der Waals surface area contributed by atoms with Gasteiger partial charge in [-0.3, -0.25) is 4.79 Å². The summed E-state index contributed by atoms with van der Waals surface area (Å²) in [6, 6.07) is -0.431. The number of likely N-dealkylation sites (N-methyl/N-ethyl adjacent to an activating group) is 1. The third kappa shape index (κ3) is 5.89. The van der Waals surface area contributed by atoms with Crippen LogP contribution in [0.25, 0.3) is 0 Å². The lowest BCUT2D eigenvalue weighted by Gasteiger charge is -2.28. The average Bonchev–Trinajstić information content (AvgIpc) is 2.22. The number of carbonyl (C=O) groups excluding carboxylic acids is 2. The van der Waals surface area contributed by atoms with Crippen molar-refractivity contribution in [3.8, 4) is 0 Å². The van der Waals surface area contributed by atoms with E-state index in [4.69, 9.17) is 4.74 Å². The van der Waals surface area contributed by atoms with E-state index in [0.717, 1.165) is 6.42 Å². The molecular weight excluding hydrogens is 232 g/mol. The molecule has 2 amide bonds. The number of hydrogen-bond donors (Lipinski definition) is 1. The van der Waals surface area contributed by atoms with Gasteiger partial charge in [0.2, 0.25) is 5.91 Å². The van der Waals surface area contributed by atoms with Gasteiger partial charge in [0.05, 0.1) is 0 Å². The molecule has 0 aromatic heterocycles. The van der Waals surface area contributed by atoms with Crippen LogP contribution in [0.1, 0.15) is 48.0 Å². The first-order valence-corrected chi connectivity index (χ1v) is 6.34. The van der Waals surface area contributed by atoms with Crippen LogP contribution in [0, 0.1) is 0 Å². The molecule has 0 aliphatic rings. The fourth-order valence-electron chi connectivity index (χ4n) is 1.34. The van der Waals surface area contributed by atoms with Gasteiger partial charge in [-0.05, 0) is 41.0 Å². The fourth-order valence-corrected chi connectivity index (χ4v) is 1.34. The quantitative estimate of drug-likeness (QED) is 0.840. The van der Waals surface area contributed by atoms with E-state index < -0.39 is 17.7 Å². The second-order valence-electron chi connectivity index (χ2n) is 5.57. The number of ether oxygens (including phenoxy) is 1. The molecular formula is C13H26N2O3. The summed E-state index contributed by atoms with van der Waals surface area (Å²) in [6.07, 6.45) is 0.308. The van der Waals surface area contributed by atoms with Crippen LogP contribution in [-0.4, -0.2) is 41.6 Å². The Labute approximate surface area is 110 Å². The van der Waals surface area contributed by atoms with Gasteiger partial charge >= 0.3 is 6.09 Å². The standard InChI is InChI=1S/C13H26N2O3/c1-8-9(2)15(7)11(16)10(3)14-12(17)18-13(4,5)6/h9-10H,8H2,1-7H3,(H,14,17). The molecule has 5 nitrogen and oxygen atoms in total. The predicted octanol–water partition coefficient (Wildman–Crippen LogP) is 2.16. The largest absolute Gasteiger partial charge is 0.444 e. The van der Waals surface area contributed by atoms with E-state index in [0.29, 0.717) is 0 Å². The monoisotopic (exact) mass is 258 g/mol. The Bertz CT molecular complexity index is 297. The normalized spacial score (nSPS) is 14.6. The second kappa shape index (κ2) is 6.61. The SMILES string of the molecule is CCC(C)N(C)C(=O)C(C)NC(=O)OC(C)(C)C. The number of hydrogen-bond acceptors (Lipinski definition) is 3. The molecule has 0 rings (SSSR count). The van der Waals surface area contributed by atoms with E-state index in [1.54, 1.807) is 39.6 Å². The molecule has 0 aliphatic carbocycles. The molecule has 2 atom stereocenters. The van der Waals surface area contributed by atoms with Gasteiger partial charge in [0.25, 0.3) is 0 Å². The van der Waals surface area contributed by atoms with E-state index in [-0.39, 0.29) is 11.9 Å². The number of amides is 2. The Morgan fingerprint density at radius 1 is 1.28 bits per heavy atom. The smallest absolute Gasteiger partial charge is 0.408 e. The lowest BCUT2D eigenvalue weighted by molar-refractivity contribution is -0.133. The number of rotatable bonds is 4. The molecule has 1 N–H and O–H groups in total. The van der Waals surface area contributed by atoms with Crippen LogP contribution in [0.4, 0.5) is 4.79 Å². The predicted molar refractivity (Wildman–Crippen MR) is 71.4 cm³/mol. The van der Waals surface area contributed by atoms with Gasteiger partial charge in [0.1, 0.15) is 11.6 Å². The Morgan fingerprint density at radius 2 is 1.78 bits per heavy atom. The van der Waals surface area contributed by atoms with Crippen LogP contribution in [0.3, 0.4) is 0 Å². The summed E-state index contributed by atoms with van der Waals surface area (Å²) < 4.78 is 5.10.